The number of benzene rings is 3. The van der Waals surface area contributed by atoms with Crippen molar-refractivity contribution in [2.75, 3.05) is 25.0 Å². The molecule has 1 aliphatic heterocycles. The summed E-state index contributed by atoms with van der Waals surface area (Å²) in [6.07, 6.45) is 1.98. The molecule has 3 aromatic carbocycles. The maximum absolute atomic E-state index is 13.0. The van der Waals surface area contributed by atoms with Crippen LogP contribution in [0.5, 0.6) is 5.75 Å². The molecule has 160 valence electrons. The van der Waals surface area contributed by atoms with Gasteiger partial charge >= 0.3 is 0 Å². The first-order valence-corrected chi connectivity index (χ1v) is 10.9. The fourth-order valence-electron chi connectivity index (χ4n) is 4.18. The highest BCUT2D eigenvalue weighted by Crippen LogP contribution is 2.23. The summed E-state index contributed by atoms with van der Waals surface area (Å²) in [6.45, 7) is 3.71. The number of fused-ring (bicyclic) bond motifs is 1. The van der Waals surface area contributed by atoms with E-state index >= 15 is 0 Å². The number of hydrogen-bond acceptors (Lipinski definition) is 3. The van der Waals surface area contributed by atoms with Crippen LogP contribution in [0.1, 0.15) is 25.3 Å². The lowest BCUT2D eigenvalue weighted by Gasteiger charge is -2.32. The molecule has 1 atom stereocenters. The molecular formula is C26H28N2O3. The summed E-state index contributed by atoms with van der Waals surface area (Å²) in [5.41, 5.74) is 1.77. The minimum atomic E-state index is -0.197. The SMILES string of the molecule is CCOc1ccc(NC(=O)C2CCCN(C(=O)Cc3cccc4ccccc34)C2)cc1. The smallest absolute Gasteiger partial charge is 0.229 e. The van der Waals surface area contributed by atoms with Crippen LogP contribution in [0.3, 0.4) is 0 Å². The summed E-state index contributed by atoms with van der Waals surface area (Å²) in [5.74, 6) is 0.627. The normalized spacial score (nSPS) is 16.2. The maximum atomic E-state index is 13.0. The van der Waals surface area contributed by atoms with E-state index in [2.05, 4.69) is 23.5 Å². The molecule has 0 saturated carbocycles. The molecule has 0 aliphatic carbocycles. The van der Waals surface area contributed by atoms with Crippen molar-refractivity contribution in [2.45, 2.75) is 26.2 Å². The van der Waals surface area contributed by atoms with Gasteiger partial charge in [0.05, 0.1) is 18.9 Å². The summed E-state index contributed by atoms with van der Waals surface area (Å²) >= 11 is 0. The zero-order valence-electron chi connectivity index (χ0n) is 17.8. The summed E-state index contributed by atoms with van der Waals surface area (Å²) in [6, 6.07) is 21.6. The summed E-state index contributed by atoms with van der Waals surface area (Å²) in [7, 11) is 0. The van der Waals surface area contributed by atoms with E-state index < -0.39 is 0 Å². The van der Waals surface area contributed by atoms with E-state index in [9.17, 15) is 9.59 Å². The van der Waals surface area contributed by atoms with Crippen molar-refractivity contribution in [1.82, 2.24) is 4.90 Å². The molecular weight excluding hydrogens is 388 g/mol. The number of likely N-dealkylation sites (tertiary alicyclic amines) is 1. The monoisotopic (exact) mass is 416 g/mol. The van der Waals surface area contributed by atoms with Crippen LogP contribution < -0.4 is 10.1 Å². The third-order valence-corrected chi connectivity index (χ3v) is 5.80. The van der Waals surface area contributed by atoms with Gasteiger partial charge in [0.2, 0.25) is 11.8 Å². The summed E-state index contributed by atoms with van der Waals surface area (Å²) in [4.78, 5) is 27.7. The van der Waals surface area contributed by atoms with Crippen molar-refractivity contribution in [2.24, 2.45) is 5.92 Å². The Morgan fingerprint density at radius 1 is 1.03 bits per heavy atom. The van der Waals surface area contributed by atoms with Crippen LogP contribution in [0.15, 0.2) is 66.7 Å². The standard InChI is InChI=1S/C26H28N2O3/c1-2-31-23-14-12-22(13-15-23)27-26(30)21-10-6-16-28(18-21)25(29)17-20-9-5-8-19-7-3-4-11-24(19)20/h3-5,7-9,11-15,21H,2,6,10,16-18H2,1H3,(H,27,30). The molecule has 0 spiro atoms. The third-order valence-electron chi connectivity index (χ3n) is 5.80. The molecule has 4 rings (SSSR count). The van der Waals surface area contributed by atoms with Gasteiger partial charge in [0.15, 0.2) is 0 Å². The van der Waals surface area contributed by atoms with Crippen molar-refractivity contribution in [3.05, 3.63) is 72.3 Å². The Hall–Kier alpha value is -3.34. The second-order valence-corrected chi connectivity index (χ2v) is 7.94. The Morgan fingerprint density at radius 2 is 1.81 bits per heavy atom. The number of piperidine rings is 1. The highest BCUT2D eigenvalue weighted by Gasteiger charge is 2.28. The van der Waals surface area contributed by atoms with Gasteiger partial charge in [0, 0.05) is 18.8 Å². The summed E-state index contributed by atoms with van der Waals surface area (Å²) < 4.78 is 5.44. The molecule has 1 N–H and O–H groups in total. The molecule has 1 heterocycles. The Labute approximate surface area is 183 Å². The van der Waals surface area contributed by atoms with Crippen molar-refractivity contribution in [3.8, 4) is 5.75 Å². The van der Waals surface area contributed by atoms with Gasteiger partial charge in [-0.1, -0.05) is 42.5 Å². The van der Waals surface area contributed by atoms with Gasteiger partial charge < -0.3 is 15.0 Å². The number of ether oxygens (including phenoxy) is 1. The molecule has 5 heteroatoms. The van der Waals surface area contributed by atoms with E-state index in [1.807, 2.05) is 60.4 Å². The molecule has 3 aromatic rings. The van der Waals surface area contributed by atoms with Crippen LogP contribution in [0.2, 0.25) is 0 Å². The van der Waals surface area contributed by atoms with Crippen LogP contribution in [-0.2, 0) is 16.0 Å². The van der Waals surface area contributed by atoms with E-state index in [0.29, 0.717) is 26.1 Å². The molecule has 1 aliphatic rings. The van der Waals surface area contributed by atoms with Gasteiger partial charge in [0.1, 0.15) is 5.75 Å². The van der Waals surface area contributed by atoms with Crippen LogP contribution in [0.25, 0.3) is 10.8 Å². The van der Waals surface area contributed by atoms with Crippen LogP contribution >= 0.6 is 0 Å². The number of carbonyl (C=O) groups excluding carboxylic acids is 2. The number of nitrogens with one attached hydrogen (secondary N) is 1. The first-order valence-electron chi connectivity index (χ1n) is 10.9. The average Bonchev–Trinajstić information content (AvgIpc) is 2.81. The minimum absolute atomic E-state index is 0.0354. The van der Waals surface area contributed by atoms with E-state index in [-0.39, 0.29) is 17.7 Å². The molecule has 31 heavy (non-hydrogen) atoms. The zero-order valence-corrected chi connectivity index (χ0v) is 17.8. The third kappa shape index (κ3) is 5.05. The van der Waals surface area contributed by atoms with E-state index in [0.717, 1.165) is 40.6 Å². The molecule has 1 fully saturated rings. The van der Waals surface area contributed by atoms with Crippen molar-refractivity contribution < 1.29 is 14.3 Å². The lowest BCUT2D eigenvalue weighted by molar-refractivity contribution is -0.133. The largest absolute Gasteiger partial charge is 0.494 e. The van der Waals surface area contributed by atoms with Crippen molar-refractivity contribution in [3.63, 3.8) is 0 Å². The van der Waals surface area contributed by atoms with Crippen LogP contribution in [-0.4, -0.2) is 36.4 Å². The predicted octanol–water partition coefficient (Wildman–Crippen LogP) is 4.66. The maximum Gasteiger partial charge on any atom is 0.229 e. The number of rotatable bonds is 6. The number of anilines is 1. The van der Waals surface area contributed by atoms with Gasteiger partial charge in [-0.15, -0.1) is 0 Å². The highest BCUT2D eigenvalue weighted by atomic mass is 16.5. The van der Waals surface area contributed by atoms with Gasteiger partial charge in [0.25, 0.3) is 0 Å². The average molecular weight is 417 g/mol. The number of hydrogen-bond donors (Lipinski definition) is 1. The van der Waals surface area contributed by atoms with E-state index in [1.54, 1.807) is 0 Å². The van der Waals surface area contributed by atoms with Gasteiger partial charge in [-0.05, 0) is 60.4 Å². The summed E-state index contributed by atoms with van der Waals surface area (Å²) in [5, 5.41) is 5.23. The number of nitrogens with zero attached hydrogens (tertiary/aromatic N) is 1. The zero-order chi connectivity index (χ0) is 21.6. The van der Waals surface area contributed by atoms with Crippen molar-refractivity contribution in [1.29, 1.82) is 0 Å². The van der Waals surface area contributed by atoms with Gasteiger partial charge in [-0.2, -0.15) is 0 Å². The molecule has 1 unspecified atom stereocenters. The van der Waals surface area contributed by atoms with E-state index in [1.165, 1.54) is 0 Å². The fraction of sp³-hybridized carbons (Fsp3) is 0.308. The molecule has 1 saturated heterocycles. The lowest BCUT2D eigenvalue weighted by atomic mass is 9.95. The molecule has 2 amide bonds. The number of carbonyl (C=O) groups is 2. The highest BCUT2D eigenvalue weighted by molar-refractivity contribution is 5.94. The Morgan fingerprint density at radius 3 is 2.61 bits per heavy atom. The quantitative estimate of drug-likeness (QED) is 0.636. The van der Waals surface area contributed by atoms with Crippen LogP contribution in [0, 0.1) is 5.92 Å². The van der Waals surface area contributed by atoms with E-state index in [4.69, 9.17) is 4.74 Å². The van der Waals surface area contributed by atoms with Gasteiger partial charge in [-0.3, -0.25) is 9.59 Å². The lowest BCUT2D eigenvalue weighted by Crippen LogP contribution is -2.44. The Balaban J connectivity index is 1.38. The fourth-order valence-corrected chi connectivity index (χ4v) is 4.18. The Bertz CT molecular complexity index is 1060. The van der Waals surface area contributed by atoms with Crippen LogP contribution in [0.4, 0.5) is 5.69 Å². The minimum Gasteiger partial charge on any atom is -0.494 e. The first kappa shape index (κ1) is 20.9. The van der Waals surface area contributed by atoms with Gasteiger partial charge in [-0.25, -0.2) is 0 Å². The second-order valence-electron chi connectivity index (χ2n) is 7.94. The molecule has 0 bridgehead atoms. The molecule has 0 aromatic heterocycles. The predicted molar refractivity (Wildman–Crippen MR) is 123 cm³/mol. The molecule has 0 radical (unpaired) electrons. The second kappa shape index (κ2) is 9.65. The first-order chi connectivity index (χ1) is 15.1. The number of amides is 2. The topological polar surface area (TPSA) is 58.6 Å². The Kier molecular flexibility index (Phi) is 6.51. The molecule has 5 nitrogen and oxygen atoms in total. The van der Waals surface area contributed by atoms with Crippen molar-refractivity contribution >= 4 is 28.3 Å².